The molecule has 1 heterocycles. The molecule has 5 heteroatoms. The molecule has 1 aliphatic carbocycles. The van der Waals surface area contributed by atoms with E-state index in [0.29, 0.717) is 12.6 Å². The summed E-state index contributed by atoms with van der Waals surface area (Å²) in [5, 5.41) is 7.63. The molecule has 0 radical (unpaired) electrons. The summed E-state index contributed by atoms with van der Waals surface area (Å²) in [6.45, 7) is 3.61. The summed E-state index contributed by atoms with van der Waals surface area (Å²) in [4.78, 5) is 4.20. The van der Waals surface area contributed by atoms with Gasteiger partial charge in [-0.2, -0.15) is 5.10 Å². The maximum Gasteiger partial charge on any atom is 0.164 e. The molecule has 0 saturated carbocycles. The third kappa shape index (κ3) is 2.93. The molecule has 1 N–H and O–H groups in total. The maximum atomic E-state index is 6.00. The summed E-state index contributed by atoms with van der Waals surface area (Å²) in [6, 6.07) is 6.82. The van der Waals surface area contributed by atoms with Crippen molar-refractivity contribution in [2.75, 3.05) is 6.54 Å². The number of benzene rings is 1. The Labute approximate surface area is 125 Å². The fraction of sp³-hybridized carbons (Fsp3) is 0.500. The van der Waals surface area contributed by atoms with Crippen molar-refractivity contribution in [1.29, 1.82) is 0 Å². The van der Waals surface area contributed by atoms with Crippen molar-refractivity contribution in [3.63, 3.8) is 0 Å². The second-order valence-corrected chi connectivity index (χ2v) is 5.41. The second kappa shape index (κ2) is 6.26. The Hall–Kier alpha value is -1.88. The summed E-state index contributed by atoms with van der Waals surface area (Å²) < 4.78 is 7.75. The van der Waals surface area contributed by atoms with Gasteiger partial charge in [-0.1, -0.05) is 19.1 Å². The van der Waals surface area contributed by atoms with E-state index < -0.39 is 0 Å². The van der Waals surface area contributed by atoms with E-state index in [1.54, 1.807) is 11.0 Å². The molecule has 1 atom stereocenters. The largest absolute Gasteiger partial charge is 0.485 e. The Morgan fingerprint density at radius 1 is 1.43 bits per heavy atom. The minimum atomic E-state index is 0.456. The fourth-order valence-electron chi connectivity index (χ4n) is 3.00. The molecule has 0 saturated heterocycles. The lowest BCUT2D eigenvalue weighted by atomic mass is 9.87. The third-order valence-electron chi connectivity index (χ3n) is 4.08. The second-order valence-electron chi connectivity index (χ2n) is 5.41. The zero-order valence-electron chi connectivity index (χ0n) is 12.7. The van der Waals surface area contributed by atoms with Gasteiger partial charge in [0.05, 0.1) is 0 Å². The molecule has 2 aromatic rings. The summed E-state index contributed by atoms with van der Waals surface area (Å²) >= 11 is 0. The minimum Gasteiger partial charge on any atom is -0.485 e. The molecule has 0 aliphatic heterocycles. The van der Waals surface area contributed by atoms with E-state index in [2.05, 4.69) is 40.5 Å². The molecule has 0 fully saturated rings. The van der Waals surface area contributed by atoms with Crippen LogP contribution < -0.4 is 10.1 Å². The van der Waals surface area contributed by atoms with Gasteiger partial charge in [0.2, 0.25) is 0 Å². The summed E-state index contributed by atoms with van der Waals surface area (Å²) in [6.07, 6.45) is 5.05. The van der Waals surface area contributed by atoms with Crippen LogP contribution in [-0.4, -0.2) is 21.3 Å². The number of aromatic nitrogens is 3. The minimum absolute atomic E-state index is 0.456. The SMILES string of the molecule is CCNC1CCCc2c(OCc3ncnn3C)cccc21. The van der Waals surface area contributed by atoms with Gasteiger partial charge in [-0.05, 0) is 43.0 Å². The lowest BCUT2D eigenvalue weighted by Crippen LogP contribution is -2.25. The maximum absolute atomic E-state index is 6.00. The molecule has 3 rings (SSSR count). The van der Waals surface area contributed by atoms with E-state index in [0.717, 1.165) is 24.5 Å². The zero-order chi connectivity index (χ0) is 14.7. The van der Waals surface area contributed by atoms with Crippen LogP contribution in [-0.2, 0) is 20.1 Å². The van der Waals surface area contributed by atoms with Crippen molar-refractivity contribution in [2.24, 2.45) is 7.05 Å². The molecule has 0 amide bonds. The van der Waals surface area contributed by atoms with Crippen LogP contribution in [0.4, 0.5) is 0 Å². The average Bonchev–Trinajstić information content (AvgIpc) is 2.91. The highest BCUT2D eigenvalue weighted by Gasteiger charge is 2.22. The van der Waals surface area contributed by atoms with E-state index in [1.807, 2.05) is 7.05 Å². The standard InChI is InChI=1S/C16H22N4O/c1-3-17-14-8-4-7-13-12(14)6-5-9-15(13)21-10-16-18-11-19-20(16)2/h5-6,9,11,14,17H,3-4,7-8,10H2,1-2H3. The number of ether oxygens (including phenoxy) is 1. The van der Waals surface area contributed by atoms with Crippen LogP contribution in [0.3, 0.4) is 0 Å². The quantitative estimate of drug-likeness (QED) is 0.917. The van der Waals surface area contributed by atoms with Gasteiger partial charge in [-0.25, -0.2) is 4.98 Å². The molecule has 1 aromatic carbocycles. The van der Waals surface area contributed by atoms with Crippen molar-refractivity contribution < 1.29 is 4.74 Å². The topological polar surface area (TPSA) is 52.0 Å². The Balaban J connectivity index is 1.80. The van der Waals surface area contributed by atoms with E-state index in [9.17, 15) is 0 Å². The first kappa shape index (κ1) is 14.1. The van der Waals surface area contributed by atoms with Gasteiger partial charge in [-0.15, -0.1) is 0 Å². The Morgan fingerprint density at radius 3 is 3.10 bits per heavy atom. The highest BCUT2D eigenvalue weighted by Crippen LogP contribution is 2.35. The van der Waals surface area contributed by atoms with Crippen molar-refractivity contribution in [1.82, 2.24) is 20.1 Å². The molecule has 21 heavy (non-hydrogen) atoms. The van der Waals surface area contributed by atoms with Crippen LogP contribution >= 0.6 is 0 Å². The van der Waals surface area contributed by atoms with Crippen LogP contribution in [0, 0.1) is 0 Å². The number of fused-ring (bicyclic) bond motifs is 1. The van der Waals surface area contributed by atoms with Gasteiger partial charge in [0.25, 0.3) is 0 Å². The van der Waals surface area contributed by atoms with Crippen LogP contribution in [0.2, 0.25) is 0 Å². The monoisotopic (exact) mass is 286 g/mol. The zero-order valence-corrected chi connectivity index (χ0v) is 12.7. The number of hydrogen-bond donors (Lipinski definition) is 1. The summed E-state index contributed by atoms with van der Waals surface area (Å²) in [5.74, 6) is 1.82. The van der Waals surface area contributed by atoms with Crippen LogP contribution in [0.15, 0.2) is 24.5 Å². The smallest absolute Gasteiger partial charge is 0.164 e. The van der Waals surface area contributed by atoms with Crippen LogP contribution in [0.1, 0.15) is 42.8 Å². The molecule has 1 aliphatic rings. The van der Waals surface area contributed by atoms with Crippen LogP contribution in [0.5, 0.6) is 5.75 Å². The van der Waals surface area contributed by atoms with Crippen molar-refractivity contribution >= 4 is 0 Å². The first-order valence-corrected chi connectivity index (χ1v) is 7.60. The van der Waals surface area contributed by atoms with Crippen molar-refractivity contribution in [3.05, 3.63) is 41.5 Å². The first-order chi connectivity index (χ1) is 10.3. The molecule has 5 nitrogen and oxygen atoms in total. The molecular formula is C16H22N4O. The molecular weight excluding hydrogens is 264 g/mol. The van der Waals surface area contributed by atoms with Gasteiger partial charge >= 0.3 is 0 Å². The molecule has 112 valence electrons. The first-order valence-electron chi connectivity index (χ1n) is 7.60. The van der Waals surface area contributed by atoms with Crippen molar-refractivity contribution in [3.8, 4) is 5.75 Å². The van der Waals surface area contributed by atoms with Gasteiger partial charge in [0.1, 0.15) is 18.7 Å². The van der Waals surface area contributed by atoms with Crippen LogP contribution in [0.25, 0.3) is 0 Å². The van der Waals surface area contributed by atoms with E-state index in [4.69, 9.17) is 4.74 Å². The number of rotatable bonds is 5. The number of nitrogens with one attached hydrogen (secondary N) is 1. The number of nitrogens with zero attached hydrogens (tertiary/aromatic N) is 3. The fourth-order valence-corrected chi connectivity index (χ4v) is 3.00. The lowest BCUT2D eigenvalue weighted by molar-refractivity contribution is 0.284. The molecule has 1 aromatic heterocycles. The van der Waals surface area contributed by atoms with Crippen molar-refractivity contribution in [2.45, 2.75) is 38.8 Å². The summed E-state index contributed by atoms with van der Waals surface area (Å²) in [5.41, 5.74) is 2.73. The lowest BCUT2D eigenvalue weighted by Gasteiger charge is -2.27. The number of aryl methyl sites for hydroxylation is 1. The Bertz CT molecular complexity index is 608. The van der Waals surface area contributed by atoms with E-state index in [1.165, 1.54) is 24.0 Å². The normalized spacial score (nSPS) is 17.5. The van der Waals surface area contributed by atoms with Gasteiger partial charge in [-0.3, -0.25) is 4.68 Å². The Morgan fingerprint density at radius 2 is 2.33 bits per heavy atom. The predicted molar refractivity (Wildman–Crippen MR) is 81.1 cm³/mol. The molecule has 0 bridgehead atoms. The third-order valence-corrected chi connectivity index (χ3v) is 4.08. The van der Waals surface area contributed by atoms with Gasteiger partial charge in [0.15, 0.2) is 5.82 Å². The molecule has 1 unspecified atom stereocenters. The Kier molecular flexibility index (Phi) is 4.20. The average molecular weight is 286 g/mol. The van der Waals surface area contributed by atoms with Gasteiger partial charge in [0, 0.05) is 13.1 Å². The highest BCUT2D eigenvalue weighted by atomic mass is 16.5. The van der Waals surface area contributed by atoms with E-state index >= 15 is 0 Å². The number of hydrogen-bond acceptors (Lipinski definition) is 4. The highest BCUT2D eigenvalue weighted by molar-refractivity contribution is 5.43. The molecule has 0 spiro atoms. The van der Waals surface area contributed by atoms with Gasteiger partial charge < -0.3 is 10.1 Å². The van der Waals surface area contributed by atoms with E-state index in [-0.39, 0.29) is 0 Å². The summed E-state index contributed by atoms with van der Waals surface area (Å²) in [7, 11) is 1.88. The predicted octanol–water partition coefficient (Wildman–Crippen LogP) is 2.38.